The van der Waals surface area contributed by atoms with Crippen molar-refractivity contribution in [1.82, 2.24) is 4.90 Å². The number of carbonyl (C=O) groups excluding carboxylic acids is 1. The minimum absolute atomic E-state index is 0.200. The molecule has 0 aliphatic carbocycles. The number of nitrogens with zero attached hydrogens (tertiary/aromatic N) is 1. The first-order valence-electron chi connectivity index (χ1n) is 7.90. The summed E-state index contributed by atoms with van der Waals surface area (Å²) in [5.74, 6) is 1.36. The van der Waals surface area contributed by atoms with E-state index in [1.165, 1.54) is 16.7 Å². The molecule has 2 aromatic carbocycles. The fourth-order valence-corrected chi connectivity index (χ4v) is 4.11. The number of ether oxygens (including phenoxy) is 1. The lowest BCUT2D eigenvalue weighted by Gasteiger charge is -2.37. The number of halogens is 1. The Labute approximate surface area is 144 Å². The molecule has 1 amide bonds. The monoisotopic (exact) mass is 371 g/mol. The molecule has 0 radical (unpaired) electrons. The minimum Gasteiger partial charge on any atom is -0.497 e. The van der Waals surface area contributed by atoms with E-state index in [1.807, 2.05) is 6.07 Å². The highest BCUT2D eigenvalue weighted by Gasteiger charge is 2.40. The number of hydrogen-bond acceptors (Lipinski definition) is 2. The molecule has 0 bridgehead atoms. The average molecular weight is 372 g/mol. The third kappa shape index (κ3) is 2.45. The summed E-state index contributed by atoms with van der Waals surface area (Å²) in [6.07, 6.45) is 1.58. The van der Waals surface area contributed by atoms with Crippen LogP contribution in [0.15, 0.2) is 46.9 Å². The van der Waals surface area contributed by atoms with Crippen LogP contribution in [0, 0.1) is 0 Å². The van der Waals surface area contributed by atoms with E-state index in [-0.39, 0.29) is 17.9 Å². The summed E-state index contributed by atoms with van der Waals surface area (Å²) in [6, 6.07) is 14.9. The molecule has 2 aromatic rings. The van der Waals surface area contributed by atoms with Crippen LogP contribution >= 0.6 is 15.9 Å². The lowest BCUT2D eigenvalue weighted by molar-refractivity contribution is -0.129. The molecule has 118 valence electrons. The predicted molar refractivity (Wildman–Crippen MR) is 92.7 cm³/mol. The molecule has 2 aliphatic rings. The molecule has 0 N–H and O–H groups in total. The van der Waals surface area contributed by atoms with E-state index in [2.05, 4.69) is 57.2 Å². The van der Waals surface area contributed by atoms with Crippen molar-refractivity contribution < 1.29 is 9.53 Å². The fraction of sp³-hybridized carbons (Fsp3) is 0.316. The van der Waals surface area contributed by atoms with Crippen LogP contribution in [0.2, 0.25) is 0 Å². The molecule has 4 heteroatoms. The maximum Gasteiger partial charge on any atom is 0.223 e. The first kappa shape index (κ1) is 14.8. The van der Waals surface area contributed by atoms with Crippen molar-refractivity contribution in [1.29, 1.82) is 0 Å². The highest BCUT2D eigenvalue weighted by Crippen LogP contribution is 2.45. The molecule has 0 aromatic heterocycles. The standard InChI is InChI=1S/C19H18BrNO2/c1-23-14-6-7-15-16(10-14)17(12-2-4-13(20)5-3-12)11-21-18(15)8-9-19(21)22/h2-7,10,17-18H,8-9,11H2,1H3/t17-,18+/m0/s1. The van der Waals surface area contributed by atoms with E-state index >= 15 is 0 Å². The van der Waals surface area contributed by atoms with Crippen LogP contribution in [0.1, 0.15) is 41.5 Å². The van der Waals surface area contributed by atoms with Crippen molar-refractivity contribution in [3.05, 3.63) is 63.6 Å². The van der Waals surface area contributed by atoms with Gasteiger partial charge in [0, 0.05) is 23.4 Å². The summed E-state index contributed by atoms with van der Waals surface area (Å²) in [6.45, 7) is 0.755. The van der Waals surface area contributed by atoms with Crippen LogP contribution in [-0.2, 0) is 4.79 Å². The minimum atomic E-state index is 0.200. The first-order chi connectivity index (χ1) is 11.2. The zero-order chi connectivity index (χ0) is 16.0. The van der Waals surface area contributed by atoms with Crippen molar-refractivity contribution in [2.75, 3.05) is 13.7 Å². The average Bonchev–Trinajstić information content (AvgIpc) is 2.95. The van der Waals surface area contributed by atoms with Gasteiger partial charge in [0.1, 0.15) is 5.75 Å². The van der Waals surface area contributed by atoms with E-state index in [9.17, 15) is 4.79 Å². The Bertz CT molecular complexity index is 756. The third-order valence-corrected chi connectivity index (χ3v) is 5.54. The van der Waals surface area contributed by atoms with Crippen LogP contribution in [0.25, 0.3) is 0 Å². The van der Waals surface area contributed by atoms with E-state index in [0.29, 0.717) is 6.42 Å². The van der Waals surface area contributed by atoms with Crippen LogP contribution in [0.5, 0.6) is 5.75 Å². The van der Waals surface area contributed by atoms with Gasteiger partial charge in [-0.15, -0.1) is 0 Å². The van der Waals surface area contributed by atoms with Crippen molar-refractivity contribution >= 4 is 21.8 Å². The molecule has 2 aliphatic heterocycles. The van der Waals surface area contributed by atoms with Crippen molar-refractivity contribution in [2.45, 2.75) is 24.8 Å². The second kappa shape index (κ2) is 5.68. The number of rotatable bonds is 2. The smallest absolute Gasteiger partial charge is 0.223 e. The van der Waals surface area contributed by atoms with E-state index < -0.39 is 0 Å². The number of fused-ring (bicyclic) bond motifs is 3. The van der Waals surface area contributed by atoms with Crippen LogP contribution in [0.3, 0.4) is 0 Å². The van der Waals surface area contributed by atoms with Crippen LogP contribution in [0.4, 0.5) is 0 Å². The molecule has 1 fully saturated rings. The van der Waals surface area contributed by atoms with Crippen LogP contribution in [-0.4, -0.2) is 24.5 Å². The number of carbonyl (C=O) groups is 1. The molecule has 23 heavy (non-hydrogen) atoms. The Morgan fingerprint density at radius 3 is 2.65 bits per heavy atom. The summed E-state index contributed by atoms with van der Waals surface area (Å²) in [4.78, 5) is 14.3. The Balaban J connectivity index is 1.84. The zero-order valence-corrected chi connectivity index (χ0v) is 14.5. The van der Waals surface area contributed by atoms with E-state index in [0.717, 1.165) is 23.2 Å². The van der Waals surface area contributed by atoms with Gasteiger partial charge in [0.05, 0.1) is 13.2 Å². The summed E-state index contributed by atoms with van der Waals surface area (Å²) >= 11 is 3.49. The van der Waals surface area contributed by atoms with Gasteiger partial charge in [-0.3, -0.25) is 4.79 Å². The van der Waals surface area contributed by atoms with Gasteiger partial charge in [-0.25, -0.2) is 0 Å². The van der Waals surface area contributed by atoms with E-state index in [4.69, 9.17) is 4.74 Å². The van der Waals surface area contributed by atoms with Gasteiger partial charge in [0.25, 0.3) is 0 Å². The summed E-state index contributed by atoms with van der Waals surface area (Å²) in [5.41, 5.74) is 3.80. The normalized spacial score (nSPS) is 22.7. The Morgan fingerprint density at radius 2 is 1.91 bits per heavy atom. The molecule has 1 saturated heterocycles. The third-order valence-electron chi connectivity index (χ3n) is 5.01. The molecule has 0 unspecified atom stereocenters. The quantitative estimate of drug-likeness (QED) is 0.788. The van der Waals surface area contributed by atoms with E-state index in [1.54, 1.807) is 7.11 Å². The SMILES string of the molecule is COc1ccc2c(c1)[C@H](c1ccc(Br)cc1)CN1C(=O)CC[C@H]21. The Morgan fingerprint density at radius 1 is 1.13 bits per heavy atom. The summed E-state index contributed by atoms with van der Waals surface area (Å²) < 4.78 is 6.50. The molecule has 4 rings (SSSR count). The number of amides is 1. The lowest BCUT2D eigenvalue weighted by atomic mass is 9.81. The van der Waals surface area contributed by atoms with Crippen molar-refractivity contribution in [2.24, 2.45) is 0 Å². The van der Waals surface area contributed by atoms with Gasteiger partial charge < -0.3 is 9.64 Å². The second-order valence-electron chi connectivity index (χ2n) is 6.20. The van der Waals surface area contributed by atoms with Gasteiger partial charge in [-0.05, 0) is 47.4 Å². The van der Waals surface area contributed by atoms with Crippen LogP contribution < -0.4 is 4.74 Å². The molecule has 2 heterocycles. The molecule has 3 nitrogen and oxygen atoms in total. The first-order valence-corrected chi connectivity index (χ1v) is 8.69. The predicted octanol–water partition coefficient (Wildman–Crippen LogP) is 4.27. The Hall–Kier alpha value is -1.81. The second-order valence-corrected chi connectivity index (χ2v) is 7.12. The van der Waals surface area contributed by atoms with Gasteiger partial charge >= 0.3 is 0 Å². The molecular weight excluding hydrogens is 354 g/mol. The maximum atomic E-state index is 12.3. The van der Waals surface area contributed by atoms with Gasteiger partial charge in [-0.1, -0.05) is 34.1 Å². The Kier molecular flexibility index (Phi) is 3.64. The molecule has 0 saturated carbocycles. The number of hydrogen-bond donors (Lipinski definition) is 0. The summed E-state index contributed by atoms with van der Waals surface area (Å²) in [7, 11) is 1.70. The molecule has 2 atom stereocenters. The number of benzene rings is 2. The van der Waals surface area contributed by atoms with Gasteiger partial charge in [-0.2, -0.15) is 0 Å². The largest absolute Gasteiger partial charge is 0.497 e. The fourth-order valence-electron chi connectivity index (χ4n) is 3.85. The number of methoxy groups -OCH3 is 1. The zero-order valence-electron chi connectivity index (χ0n) is 13.0. The highest BCUT2D eigenvalue weighted by atomic mass is 79.9. The topological polar surface area (TPSA) is 29.5 Å². The molecular formula is C19H18BrNO2. The van der Waals surface area contributed by atoms with Gasteiger partial charge in [0.15, 0.2) is 0 Å². The van der Waals surface area contributed by atoms with Crippen molar-refractivity contribution in [3.8, 4) is 5.75 Å². The van der Waals surface area contributed by atoms with Gasteiger partial charge in [0.2, 0.25) is 5.91 Å². The van der Waals surface area contributed by atoms with Crippen molar-refractivity contribution in [3.63, 3.8) is 0 Å². The summed E-state index contributed by atoms with van der Waals surface area (Å²) in [5, 5.41) is 0. The highest BCUT2D eigenvalue weighted by molar-refractivity contribution is 9.10. The lowest BCUT2D eigenvalue weighted by Crippen LogP contribution is -2.37. The molecule has 0 spiro atoms. The maximum absolute atomic E-state index is 12.3.